The average molecular weight is 257 g/mol. The summed E-state index contributed by atoms with van der Waals surface area (Å²) in [6.45, 7) is 6.45. The molecule has 3 unspecified atom stereocenters. The summed E-state index contributed by atoms with van der Waals surface area (Å²) in [5, 5.41) is 6.89. The number of esters is 1. The van der Waals surface area contributed by atoms with Gasteiger partial charge in [-0.2, -0.15) is 0 Å². The van der Waals surface area contributed by atoms with Crippen LogP contribution in [0.2, 0.25) is 0 Å². The van der Waals surface area contributed by atoms with E-state index in [0.717, 1.165) is 12.8 Å². The molecule has 3 atom stereocenters. The van der Waals surface area contributed by atoms with E-state index in [-0.39, 0.29) is 23.9 Å². The Balaban J connectivity index is 0.000000492. The molecule has 5 heteroatoms. The lowest BCUT2D eigenvalue weighted by molar-refractivity contribution is -0.146. The van der Waals surface area contributed by atoms with Gasteiger partial charge in [-0.15, -0.1) is 0 Å². The number of carboxylic acid groups (broad SMARTS) is 1. The fourth-order valence-electron chi connectivity index (χ4n) is 3.44. The van der Waals surface area contributed by atoms with Crippen molar-refractivity contribution in [3.8, 4) is 0 Å². The van der Waals surface area contributed by atoms with Crippen molar-refractivity contribution in [2.45, 2.75) is 57.7 Å². The molecule has 2 fully saturated rings. The van der Waals surface area contributed by atoms with Crippen molar-refractivity contribution in [2.75, 3.05) is 7.11 Å². The Bertz CT molecular complexity index is 311. The summed E-state index contributed by atoms with van der Waals surface area (Å²) in [6.07, 6.45) is 3.39. The van der Waals surface area contributed by atoms with Gasteiger partial charge in [-0.25, -0.2) is 0 Å². The Morgan fingerprint density at radius 2 is 1.94 bits per heavy atom. The van der Waals surface area contributed by atoms with Crippen LogP contribution in [0.25, 0.3) is 0 Å². The maximum atomic E-state index is 11.6. The number of nitrogens with zero attached hydrogens (tertiary/aromatic N) is 1. The first-order valence-corrected chi connectivity index (χ1v) is 6.31. The van der Waals surface area contributed by atoms with Gasteiger partial charge in [-0.05, 0) is 40.0 Å². The van der Waals surface area contributed by atoms with Gasteiger partial charge in [0.15, 0.2) is 0 Å². The minimum atomic E-state index is -0.250. The van der Waals surface area contributed by atoms with Crippen LogP contribution in [0.5, 0.6) is 0 Å². The van der Waals surface area contributed by atoms with Crippen LogP contribution < -0.4 is 0 Å². The number of fused-ring (bicyclic) bond motifs is 2. The van der Waals surface area contributed by atoms with E-state index < -0.39 is 0 Å². The highest BCUT2D eigenvalue weighted by Gasteiger charge is 2.52. The molecule has 2 aliphatic heterocycles. The van der Waals surface area contributed by atoms with E-state index in [1.165, 1.54) is 13.5 Å². The third kappa shape index (κ3) is 2.83. The molecule has 0 radical (unpaired) electrons. The molecule has 0 aromatic heterocycles. The lowest BCUT2D eigenvalue weighted by Crippen LogP contribution is -2.46. The van der Waals surface area contributed by atoms with Crippen LogP contribution in [-0.4, -0.2) is 47.2 Å². The lowest BCUT2D eigenvalue weighted by Gasteiger charge is -2.36. The minimum Gasteiger partial charge on any atom is -0.483 e. The first-order chi connectivity index (χ1) is 8.36. The smallest absolute Gasteiger partial charge is 0.310 e. The fourth-order valence-corrected chi connectivity index (χ4v) is 3.44. The van der Waals surface area contributed by atoms with Crippen LogP contribution in [0.1, 0.15) is 40.0 Å². The van der Waals surface area contributed by atoms with Crippen molar-refractivity contribution >= 4 is 12.4 Å². The number of carbonyl (C=O) groups excluding carboxylic acids is 1. The zero-order chi connectivity index (χ0) is 13.9. The largest absolute Gasteiger partial charge is 0.483 e. The number of carbonyl (C=O) groups is 2. The maximum absolute atomic E-state index is 11.6. The monoisotopic (exact) mass is 257 g/mol. The van der Waals surface area contributed by atoms with E-state index in [0.29, 0.717) is 12.1 Å². The molecule has 2 aliphatic rings. The van der Waals surface area contributed by atoms with Gasteiger partial charge in [0, 0.05) is 17.6 Å². The molecule has 0 aliphatic carbocycles. The zero-order valence-electron chi connectivity index (χ0n) is 11.5. The topological polar surface area (TPSA) is 66.8 Å². The second-order valence-electron chi connectivity index (χ2n) is 5.85. The molecule has 0 aromatic carbocycles. The maximum Gasteiger partial charge on any atom is 0.310 e. The standard InChI is InChI=1S/C12H21NO2.CH2O2/c1-12(2,3)13-8-5-6-10(13)9(7-8)11(14)15-4;2-1-3/h8-10H,5-7H2,1-4H3;1H,(H,2,3). The van der Waals surface area contributed by atoms with E-state index in [2.05, 4.69) is 25.7 Å². The molecular weight excluding hydrogens is 234 g/mol. The summed E-state index contributed by atoms with van der Waals surface area (Å²) in [5.41, 5.74) is 0.175. The van der Waals surface area contributed by atoms with E-state index in [1.54, 1.807) is 0 Å². The molecule has 18 heavy (non-hydrogen) atoms. The molecular formula is C13H23NO4. The van der Waals surface area contributed by atoms with Gasteiger partial charge < -0.3 is 9.84 Å². The van der Waals surface area contributed by atoms with Crippen molar-refractivity contribution in [2.24, 2.45) is 5.92 Å². The van der Waals surface area contributed by atoms with E-state index in [4.69, 9.17) is 14.6 Å². The molecule has 1 N–H and O–H groups in total. The number of ether oxygens (including phenoxy) is 1. The van der Waals surface area contributed by atoms with Crippen LogP contribution in [0.3, 0.4) is 0 Å². The first kappa shape index (κ1) is 15.0. The fraction of sp³-hybridized carbons (Fsp3) is 0.846. The third-order valence-electron chi connectivity index (χ3n) is 3.82. The molecule has 2 rings (SSSR count). The minimum absolute atomic E-state index is 0.0172. The summed E-state index contributed by atoms with van der Waals surface area (Å²) in [4.78, 5) is 22.5. The van der Waals surface area contributed by atoms with Gasteiger partial charge >= 0.3 is 5.97 Å². The zero-order valence-corrected chi connectivity index (χ0v) is 11.5. The molecule has 5 nitrogen and oxygen atoms in total. The molecule has 2 saturated heterocycles. The number of hydrogen-bond donors (Lipinski definition) is 1. The highest BCUT2D eigenvalue weighted by Crippen LogP contribution is 2.45. The Morgan fingerprint density at radius 3 is 2.33 bits per heavy atom. The third-order valence-corrected chi connectivity index (χ3v) is 3.82. The van der Waals surface area contributed by atoms with Gasteiger partial charge in [0.05, 0.1) is 13.0 Å². The summed E-state index contributed by atoms with van der Waals surface area (Å²) in [5.74, 6) is 0.101. The van der Waals surface area contributed by atoms with Gasteiger partial charge in [-0.3, -0.25) is 14.5 Å². The summed E-state index contributed by atoms with van der Waals surface area (Å²) >= 11 is 0. The van der Waals surface area contributed by atoms with Crippen LogP contribution in [0, 0.1) is 5.92 Å². The van der Waals surface area contributed by atoms with Crippen molar-refractivity contribution in [3.05, 3.63) is 0 Å². The van der Waals surface area contributed by atoms with Crippen LogP contribution in [0.15, 0.2) is 0 Å². The molecule has 0 amide bonds. The molecule has 0 saturated carbocycles. The van der Waals surface area contributed by atoms with Gasteiger partial charge in [0.2, 0.25) is 0 Å². The Hall–Kier alpha value is -1.10. The predicted octanol–water partition coefficient (Wildman–Crippen LogP) is 1.51. The van der Waals surface area contributed by atoms with Gasteiger partial charge in [0.25, 0.3) is 6.47 Å². The van der Waals surface area contributed by atoms with E-state index in [9.17, 15) is 4.79 Å². The van der Waals surface area contributed by atoms with Crippen LogP contribution in [-0.2, 0) is 14.3 Å². The Labute approximate surface area is 108 Å². The molecule has 2 heterocycles. The summed E-state index contributed by atoms with van der Waals surface area (Å²) in [7, 11) is 1.50. The second kappa shape index (κ2) is 5.69. The number of hydrogen-bond acceptors (Lipinski definition) is 4. The summed E-state index contributed by atoms with van der Waals surface area (Å²) < 4.78 is 4.88. The SMILES string of the molecule is COC(=O)C1CC2CCC1N2C(C)(C)C.O=CO. The van der Waals surface area contributed by atoms with Crippen molar-refractivity contribution in [1.82, 2.24) is 4.90 Å². The molecule has 0 aromatic rings. The lowest BCUT2D eigenvalue weighted by atomic mass is 9.89. The highest BCUT2D eigenvalue weighted by molar-refractivity contribution is 5.74. The van der Waals surface area contributed by atoms with Crippen LogP contribution >= 0.6 is 0 Å². The van der Waals surface area contributed by atoms with Gasteiger partial charge in [0.1, 0.15) is 0 Å². The van der Waals surface area contributed by atoms with E-state index in [1.807, 2.05) is 0 Å². The van der Waals surface area contributed by atoms with Crippen molar-refractivity contribution in [3.63, 3.8) is 0 Å². The Kier molecular flexibility index (Phi) is 4.73. The van der Waals surface area contributed by atoms with Gasteiger partial charge in [-0.1, -0.05) is 0 Å². The number of methoxy groups -OCH3 is 1. The molecule has 0 spiro atoms. The van der Waals surface area contributed by atoms with Crippen molar-refractivity contribution < 1.29 is 19.4 Å². The normalized spacial score (nSPS) is 30.6. The summed E-state index contributed by atoms with van der Waals surface area (Å²) in [6, 6.07) is 1.02. The molecule has 2 bridgehead atoms. The first-order valence-electron chi connectivity index (χ1n) is 6.31. The van der Waals surface area contributed by atoms with E-state index >= 15 is 0 Å². The average Bonchev–Trinajstić information content (AvgIpc) is 2.85. The predicted molar refractivity (Wildman–Crippen MR) is 67.2 cm³/mol. The van der Waals surface area contributed by atoms with Crippen LogP contribution in [0.4, 0.5) is 0 Å². The quantitative estimate of drug-likeness (QED) is 0.569. The number of rotatable bonds is 1. The van der Waals surface area contributed by atoms with Crippen molar-refractivity contribution in [1.29, 1.82) is 0 Å². The second-order valence-corrected chi connectivity index (χ2v) is 5.85. The Morgan fingerprint density at radius 1 is 1.39 bits per heavy atom. The molecule has 104 valence electrons. The highest BCUT2D eigenvalue weighted by atomic mass is 16.5.